The van der Waals surface area contributed by atoms with Gasteiger partial charge >= 0.3 is 0 Å². The van der Waals surface area contributed by atoms with Crippen molar-refractivity contribution in [3.05, 3.63) is 69.9 Å². The highest BCUT2D eigenvalue weighted by Gasteiger charge is 2.33. The number of aromatic hydroxyl groups is 1. The van der Waals surface area contributed by atoms with Crippen LogP contribution in [-0.4, -0.2) is 40.7 Å². The quantitative estimate of drug-likeness (QED) is 0.531. The van der Waals surface area contributed by atoms with E-state index >= 15 is 0 Å². The van der Waals surface area contributed by atoms with Crippen molar-refractivity contribution in [2.75, 3.05) is 14.1 Å². The molecule has 2 heterocycles. The van der Waals surface area contributed by atoms with E-state index in [-0.39, 0.29) is 11.7 Å². The first kappa shape index (κ1) is 18.9. The van der Waals surface area contributed by atoms with Gasteiger partial charge in [0, 0.05) is 37.8 Å². The number of hydrogen-bond donors (Lipinski definition) is 2. The van der Waals surface area contributed by atoms with E-state index in [1.165, 1.54) is 11.1 Å². The number of aryl methyl sites for hydroxylation is 1. The summed E-state index contributed by atoms with van der Waals surface area (Å²) in [5, 5.41) is 16.0. The molecule has 0 atom stereocenters. The second kappa shape index (κ2) is 7.20. The van der Waals surface area contributed by atoms with Crippen LogP contribution >= 0.6 is 0 Å². The summed E-state index contributed by atoms with van der Waals surface area (Å²) in [5.74, 6) is -0.240. The molecule has 4 rings (SSSR count). The Bertz CT molecular complexity index is 1150. The molecule has 0 radical (unpaired) electrons. The molecule has 29 heavy (non-hydrogen) atoms. The average molecular weight is 388 g/mol. The molecule has 0 saturated heterocycles. The van der Waals surface area contributed by atoms with Crippen LogP contribution in [0.25, 0.3) is 10.9 Å². The SMILES string of the molecule is CN/N=C(/C)c1c2c(c(O)c3ncc(Cc4ccc(C)cc4)cc13)C(=O)N(C)C2. The highest BCUT2D eigenvalue weighted by atomic mass is 16.3. The maximum atomic E-state index is 12.6. The number of nitrogens with one attached hydrogen (secondary N) is 1. The Kier molecular flexibility index (Phi) is 4.70. The number of nitrogens with zero attached hydrogens (tertiary/aromatic N) is 3. The van der Waals surface area contributed by atoms with Gasteiger partial charge in [0.1, 0.15) is 5.52 Å². The number of amides is 1. The van der Waals surface area contributed by atoms with Crippen molar-refractivity contribution in [2.45, 2.75) is 26.8 Å². The van der Waals surface area contributed by atoms with Crippen LogP contribution in [0.1, 0.15) is 45.1 Å². The van der Waals surface area contributed by atoms with Gasteiger partial charge in [-0.15, -0.1) is 0 Å². The number of hydrogen-bond acceptors (Lipinski definition) is 5. The van der Waals surface area contributed by atoms with Crippen LogP contribution in [-0.2, 0) is 13.0 Å². The molecule has 3 aromatic rings. The van der Waals surface area contributed by atoms with Gasteiger partial charge in [-0.3, -0.25) is 9.78 Å². The standard InChI is InChI=1S/C23H24N4O2/c1-13-5-7-15(8-6-13)9-16-10-17-19(14(2)26-24-3)18-12-27(4)23(29)20(18)22(28)21(17)25-11-16/h5-8,10-11,24,28H,9,12H2,1-4H3/b26-14-. The molecular formula is C23H24N4O2. The average Bonchev–Trinajstić information content (AvgIpc) is 2.98. The van der Waals surface area contributed by atoms with Gasteiger partial charge in [0.2, 0.25) is 0 Å². The number of fused-ring (bicyclic) bond motifs is 2. The van der Waals surface area contributed by atoms with E-state index < -0.39 is 0 Å². The number of phenols is 1. The highest BCUT2D eigenvalue weighted by Crippen LogP contribution is 2.39. The molecule has 1 amide bonds. The Labute approximate surface area is 169 Å². The summed E-state index contributed by atoms with van der Waals surface area (Å²) in [4.78, 5) is 18.8. The lowest BCUT2D eigenvalue weighted by Crippen LogP contribution is -2.17. The lowest BCUT2D eigenvalue weighted by atomic mass is 9.92. The van der Waals surface area contributed by atoms with Crippen LogP contribution in [0.4, 0.5) is 0 Å². The molecule has 1 aromatic heterocycles. The van der Waals surface area contributed by atoms with Crippen LogP contribution in [0.3, 0.4) is 0 Å². The zero-order valence-electron chi connectivity index (χ0n) is 17.1. The minimum atomic E-state index is -0.191. The van der Waals surface area contributed by atoms with Crippen molar-refractivity contribution >= 4 is 22.5 Å². The van der Waals surface area contributed by atoms with E-state index in [9.17, 15) is 9.90 Å². The Hall–Kier alpha value is -3.41. The summed E-state index contributed by atoms with van der Waals surface area (Å²) in [6.45, 7) is 4.41. The van der Waals surface area contributed by atoms with E-state index in [0.29, 0.717) is 17.6 Å². The third-order valence-corrected chi connectivity index (χ3v) is 5.40. The second-order valence-corrected chi connectivity index (χ2v) is 7.56. The molecule has 0 spiro atoms. The largest absolute Gasteiger partial charge is 0.505 e. The van der Waals surface area contributed by atoms with Crippen molar-refractivity contribution in [2.24, 2.45) is 5.10 Å². The van der Waals surface area contributed by atoms with Gasteiger partial charge in [0.25, 0.3) is 5.91 Å². The monoisotopic (exact) mass is 388 g/mol. The Morgan fingerprint density at radius 1 is 1.28 bits per heavy atom. The first-order chi connectivity index (χ1) is 13.9. The number of aromatic nitrogens is 1. The summed E-state index contributed by atoms with van der Waals surface area (Å²) in [7, 11) is 3.47. The maximum Gasteiger partial charge on any atom is 0.258 e. The molecule has 0 fully saturated rings. The molecule has 6 heteroatoms. The predicted molar refractivity (Wildman–Crippen MR) is 114 cm³/mol. The van der Waals surface area contributed by atoms with Crippen LogP contribution < -0.4 is 5.43 Å². The van der Waals surface area contributed by atoms with Crippen molar-refractivity contribution in [3.63, 3.8) is 0 Å². The molecule has 1 aliphatic rings. The topological polar surface area (TPSA) is 77.8 Å². The first-order valence-electron chi connectivity index (χ1n) is 9.59. The van der Waals surface area contributed by atoms with E-state index in [1.54, 1.807) is 25.2 Å². The fourth-order valence-electron chi connectivity index (χ4n) is 4.00. The van der Waals surface area contributed by atoms with Crippen molar-refractivity contribution in [3.8, 4) is 5.75 Å². The molecule has 0 saturated carbocycles. The number of hydrazone groups is 1. The van der Waals surface area contributed by atoms with Gasteiger partial charge in [-0.25, -0.2) is 0 Å². The van der Waals surface area contributed by atoms with Gasteiger partial charge in [-0.05, 0) is 43.0 Å². The molecule has 0 unspecified atom stereocenters. The van der Waals surface area contributed by atoms with Crippen LogP contribution in [0.15, 0.2) is 41.6 Å². The number of benzene rings is 2. The van der Waals surface area contributed by atoms with Gasteiger partial charge in [0.15, 0.2) is 5.75 Å². The summed E-state index contributed by atoms with van der Waals surface area (Å²) < 4.78 is 0. The minimum absolute atomic E-state index is 0.0488. The molecule has 2 N–H and O–H groups in total. The number of phenolic OH excluding ortho intramolecular Hbond substituents is 1. The smallest absolute Gasteiger partial charge is 0.258 e. The van der Waals surface area contributed by atoms with E-state index in [0.717, 1.165) is 34.2 Å². The van der Waals surface area contributed by atoms with Crippen molar-refractivity contribution in [1.29, 1.82) is 0 Å². The van der Waals surface area contributed by atoms with Gasteiger partial charge < -0.3 is 15.4 Å². The predicted octanol–water partition coefficient (Wildman–Crippen LogP) is 3.37. The molecule has 1 aliphatic heterocycles. The maximum absolute atomic E-state index is 12.6. The highest BCUT2D eigenvalue weighted by molar-refractivity contribution is 6.17. The first-order valence-corrected chi connectivity index (χ1v) is 9.59. The molecule has 0 bridgehead atoms. The minimum Gasteiger partial charge on any atom is -0.505 e. The van der Waals surface area contributed by atoms with E-state index in [2.05, 4.69) is 52.8 Å². The molecule has 2 aromatic carbocycles. The molecule has 6 nitrogen and oxygen atoms in total. The number of carbonyl (C=O) groups excluding carboxylic acids is 1. The molecule has 148 valence electrons. The summed E-state index contributed by atoms with van der Waals surface area (Å²) >= 11 is 0. The Morgan fingerprint density at radius 2 is 2.00 bits per heavy atom. The summed E-state index contributed by atoms with van der Waals surface area (Å²) in [6.07, 6.45) is 2.51. The van der Waals surface area contributed by atoms with Gasteiger partial charge in [-0.1, -0.05) is 29.8 Å². The van der Waals surface area contributed by atoms with Crippen molar-refractivity contribution in [1.82, 2.24) is 15.3 Å². The molecule has 0 aliphatic carbocycles. The third kappa shape index (κ3) is 3.20. The Balaban J connectivity index is 1.93. The third-order valence-electron chi connectivity index (χ3n) is 5.40. The summed E-state index contributed by atoms with van der Waals surface area (Å²) in [6, 6.07) is 10.5. The second-order valence-electron chi connectivity index (χ2n) is 7.56. The summed E-state index contributed by atoms with van der Waals surface area (Å²) in [5.41, 5.74) is 9.46. The Morgan fingerprint density at radius 3 is 2.69 bits per heavy atom. The van der Waals surface area contributed by atoms with E-state index in [1.807, 2.05) is 6.92 Å². The van der Waals surface area contributed by atoms with Crippen LogP contribution in [0.2, 0.25) is 0 Å². The lowest BCUT2D eigenvalue weighted by Gasteiger charge is -2.14. The number of rotatable bonds is 4. The fraction of sp³-hybridized carbons (Fsp3) is 0.261. The van der Waals surface area contributed by atoms with E-state index in [4.69, 9.17) is 0 Å². The lowest BCUT2D eigenvalue weighted by molar-refractivity contribution is 0.0814. The van der Waals surface area contributed by atoms with Crippen molar-refractivity contribution < 1.29 is 9.90 Å². The van der Waals surface area contributed by atoms with Crippen LogP contribution in [0.5, 0.6) is 5.75 Å². The molecular weight excluding hydrogens is 364 g/mol. The zero-order chi connectivity index (χ0) is 20.7. The van der Waals surface area contributed by atoms with Gasteiger partial charge in [-0.2, -0.15) is 5.10 Å². The normalized spacial score (nSPS) is 13.9. The zero-order valence-corrected chi connectivity index (χ0v) is 17.1. The fourth-order valence-corrected chi connectivity index (χ4v) is 4.00. The van der Waals surface area contributed by atoms with Gasteiger partial charge in [0.05, 0.1) is 11.3 Å². The van der Waals surface area contributed by atoms with Crippen LogP contribution in [0, 0.1) is 6.92 Å². The number of carbonyl (C=O) groups is 1. The number of pyridine rings is 1.